The lowest BCUT2D eigenvalue weighted by Crippen LogP contribution is -2.42. The van der Waals surface area contributed by atoms with Crippen LogP contribution in [0, 0.1) is 0 Å². The lowest BCUT2D eigenvalue weighted by Gasteiger charge is -2.24. The molecule has 0 amide bonds. The molecule has 0 rings (SSSR count). The minimum Gasteiger partial charge on any atom is -0.396 e. The summed E-state index contributed by atoms with van der Waals surface area (Å²) in [6.45, 7) is 1.36. The number of rotatable bonds is 5. The van der Waals surface area contributed by atoms with E-state index in [1.165, 1.54) is 0 Å². The van der Waals surface area contributed by atoms with Gasteiger partial charge in [-0.25, -0.2) is 0 Å². The predicted octanol–water partition coefficient (Wildman–Crippen LogP) is 1.38. The topological polar surface area (TPSA) is 46.2 Å². The van der Waals surface area contributed by atoms with Crippen LogP contribution in [0.1, 0.15) is 13.3 Å². The fourth-order valence-corrected chi connectivity index (χ4v) is 1.84. The van der Waals surface area contributed by atoms with Crippen molar-refractivity contribution in [3.05, 3.63) is 0 Å². The van der Waals surface area contributed by atoms with Gasteiger partial charge < -0.3 is 10.8 Å². The largest absolute Gasteiger partial charge is 0.402 e. The zero-order valence-corrected chi connectivity index (χ0v) is 8.16. The molecule has 0 saturated heterocycles. The van der Waals surface area contributed by atoms with Crippen LogP contribution in [-0.2, 0) is 0 Å². The molecule has 0 aliphatic carbocycles. The third-order valence-corrected chi connectivity index (χ3v) is 2.97. The van der Waals surface area contributed by atoms with E-state index in [-0.39, 0.29) is 18.8 Å². The maximum absolute atomic E-state index is 12.3. The Kier molecular flexibility index (Phi) is 5.75. The van der Waals surface area contributed by atoms with Crippen molar-refractivity contribution in [2.45, 2.75) is 30.8 Å². The minimum absolute atomic E-state index is 0.0673. The van der Waals surface area contributed by atoms with Gasteiger partial charge in [0.05, 0.1) is 6.61 Å². The average molecular weight is 217 g/mol. The molecule has 0 aromatic rings. The van der Waals surface area contributed by atoms with Crippen LogP contribution >= 0.6 is 11.8 Å². The summed E-state index contributed by atoms with van der Waals surface area (Å²) in [5.74, 6) is 0.0673. The lowest BCUT2D eigenvalue weighted by molar-refractivity contribution is -0.132. The summed E-state index contributed by atoms with van der Waals surface area (Å²) in [6, 6.07) is -0.892. The minimum atomic E-state index is -4.28. The molecule has 0 radical (unpaired) electrons. The summed E-state index contributed by atoms with van der Waals surface area (Å²) >= 11 is 0.661. The van der Waals surface area contributed by atoms with Crippen LogP contribution in [0.3, 0.4) is 0 Å². The van der Waals surface area contributed by atoms with E-state index in [2.05, 4.69) is 0 Å². The van der Waals surface area contributed by atoms with Crippen LogP contribution in [0.5, 0.6) is 0 Å². The first-order valence-electron chi connectivity index (χ1n) is 3.98. The van der Waals surface area contributed by atoms with Crippen molar-refractivity contribution < 1.29 is 18.3 Å². The quantitative estimate of drug-likeness (QED) is 0.731. The second kappa shape index (κ2) is 5.72. The van der Waals surface area contributed by atoms with Crippen molar-refractivity contribution in [3.63, 3.8) is 0 Å². The molecule has 0 saturated carbocycles. The molecule has 0 fully saturated rings. The SMILES string of the molecule is CCC(N)C(SCCO)C(F)(F)F. The Morgan fingerprint density at radius 3 is 2.31 bits per heavy atom. The highest BCUT2D eigenvalue weighted by Gasteiger charge is 2.42. The van der Waals surface area contributed by atoms with Crippen molar-refractivity contribution in [1.29, 1.82) is 0 Å². The Hall–Kier alpha value is 0.0600. The van der Waals surface area contributed by atoms with Gasteiger partial charge in [-0.2, -0.15) is 13.2 Å². The molecule has 3 N–H and O–H groups in total. The van der Waals surface area contributed by atoms with Crippen molar-refractivity contribution in [3.8, 4) is 0 Å². The molecule has 0 aromatic heterocycles. The summed E-state index contributed by atoms with van der Waals surface area (Å²) in [6.07, 6.45) is -4.00. The lowest BCUT2D eigenvalue weighted by atomic mass is 10.1. The number of thioether (sulfide) groups is 1. The maximum Gasteiger partial charge on any atom is 0.402 e. The molecule has 0 aliphatic rings. The van der Waals surface area contributed by atoms with Gasteiger partial charge >= 0.3 is 6.18 Å². The first kappa shape index (κ1) is 13.1. The summed E-state index contributed by atoms with van der Waals surface area (Å²) in [4.78, 5) is 0. The summed E-state index contributed by atoms with van der Waals surface area (Å²) in [5, 5.41) is 6.84. The fraction of sp³-hybridized carbons (Fsp3) is 1.00. The molecule has 0 aromatic carbocycles. The Bertz CT molecular complexity index is 142. The van der Waals surface area contributed by atoms with E-state index in [0.717, 1.165) is 0 Å². The highest BCUT2D eigenvalue weighted by Crippen LogP contribution is 2.32. The number of hydrogen-bond donors (Lipinski definition) is 2. The van der Waals surface area contributed by atoms with Crippen molar-refractivity contribution in [2.24, 2.45) is 5.73 Å². The standard InChI is InChI=1S/C7H14F3NOS/c1-2-5(11)6(7(8,9)10)13-4-3-12/h5-6,12H,2-4,11H2,1H3. The Balaban J connectivity index is 4.19. The molecule has 13 heavy (non-hydrogen) atoms. The van der Waals surface area contributed by atoms with E-state index in [1.807, 2.05) is 0 Å². The molecule has 2 nitrogen and oxygen atoms in total. The molecule has 0 bridgehead atoms. The van der Waals surface area contributed by atoms with Gasteiger partial charge in [-0.1, -0.05) is 6.92 Å². The van der Waals surface area contributed by atoms with E-state index in [4.69, 9.17) is 10.8 Å². The van der Waals surface area contributed by atoms with Crippen LogP contribution in [0.4, 0.5) is 13.2 Å². The van der Waals surface area contributed by atoms with Gasteiger partial charge in [-0.05, 0) is 6.42 Å². The van der Waals surface area contributed by atoms with Crippen molar-refractivity contribution in [2.75, 3.05) is 12.4 Å². The zero-order chi connectivity index (χ0) is 10.5. The van der Waals surface area contributed by atoms with Gasteiger partial charge in [0.1, 0.15) is 5.25 Å². The number of aliphatic hydroxyl groups excluding tert-OH is 1. The predicted molar refractivity (Wildman–Crippen MR) is 47.7 cm³/mol. The molecular weight excluding hydrogens is 203 g/mol. The summed E-state index contributed by atoms with van der Waals surface area (Å²) in [5.41, 5.74) is 5.32. The number of nitrogens with two attached hydrogens (primary N) is 1. The highest BCUT2D eigenvalue weighted by atomic mass is 32.2. The Morgan fingerprint density at radius 2 is 2.00 bits per heavy atom. The molecule has 0 heterocycles. The number of halogens is 3. The van der Waals surface area contributed by atoms with E-state index < -0.39 is 17.5 Å². The Morgan fingerprint density at radius 1 is 1.46 bits per heavy atom. The molecule has 0 aliphatic heterocycles. The first-order valence-corrected chi connectivity index (χ1v) is 5.03. The van der Waals surface area contributed by atoms with E-state index in [1.54, 1.807) is 6.92 Å². The van der Waals surface area contributed by atoms with E-state index in [0.29, 0.717) is 11.8 Å². The normalized spacial score (nSPS) is 17.1. The third kappa shape index (κ3) is 4.73. The average Bonchev–Trinajstić information content (AvgIpc) is 2.02. The number of hydrogen-bond acceptors (Lipinski definition) is 3. The third-order valence-electron chi connectivity index (χ3n) is 1.57. The molecule has 2 unspecified atom stereocenters. The molecule has 2 atom stereocenters. The van der Waals surface area contributed by atoms with Crippen LogP contribution in [0.25, 0.3) is 0 Å². The van der Waals surface area contributed by atoms with E-state index in [9.17, 15) is 13.2 Å². The maximum atomic E-state index is 12.3. The number of alkyl halides is 3. The van der Waals surface area contributed by atoms with Crippen LogP contribution in [0.15, 0.2) is 0 Å². The molecule has 80 valence electrons. The van der Waals surface area contributed by atoms with Gasteiger partial charge in [-0.15, -0.1) is 11.8 Å². The molecule has 0 spiro atoms. The monoisotopic (exact) mass is 217 g/mol. The van der Waals surface area contributed by atoms with Gasteiger partial charge in [-0.3, -0.25) is 0 Å². The summed E-state index contributed by atoms with van der Waals surface area (Å²) in [7, 11) is 0. The summed E-state index contributed by atoms with van der Waals surface area (Å²) < 4.78 is 36.9. The van der Waals surface area contributed by atoms with Crippen LogP contribution < -0.4 is 5.73 Å². The van der Waals surface area contributed by atoms with E-state index >= 15 is 0 Å². The fourth-order valence-electron chi connectivity index (χ4n) is 0.855. The number of aliphatic hydroxyl groups is 1. The van der Waals surface area contributed by atoms with Crippen LogP contribution in [-0.4, -0.2) is 34.9 Å². The van der Waals surface area contributed by atoms with Gasteiger partial charge in [0.25, 0.3) is 0 Å². The highest BCUT2D eigenvalue weighted by molar-refractivity contribution is 8.00. The van der Waals surface area contributed by atoms with Crippen molar-refractivity contribution in [1.82, 2.24) is 0 Å². The second-order valence-corrected chi connectivity index (χ2v) is 3.88. The smallest absolute Gasteiger partial charge is 0.396 e. The Labute approximate surface area is 79.7 Å². The van der Waals surface area contributed by atoms with Gasteiger partial charge in [0.15, 0.2) is 0 Å². The van der Waals surface area contributed by atoms with Crippen molar-refractivity contribution >= 4 is 11.8 Å². The second-order valence-electron chi connectivity index (χ2n) is 2.63. The van der Waals surface area contributed by atoms with Gasteiger partial charge in [0, 0.05) is 11.8 Å². The zero-order valence-electron chi connectivity index (χ0n) is 7.34. The molecule has 6 heteroatoms. The molecular formula is C7H14F3NOS. The van der Waals surface area contributed by atoms with Crippen LogP contribution in [0.2, 0.25) is 0 Å². The van der Waals surface area contributed by atoms with Gasteiger partial charge in [0.2, 0.25) is 0 Å². The first-order chi connectivity index (χ1) is 5.93.